The van der Waals surface area contributed by atoms with Gasteiger partial charge >= 0.3 is 0 Å². The molecule has 6 unspecified atom stereocenters. The molecule has 2 saturated heterocycles. The summed E-state index contributed by atoms with van der Waals surface area (Å²) >= 11 is 6.14. The maximum atomic E-state index is 15.4. The first-order valence-electron chi connectivity index (χ1n) is 17.2. The van der Waals surface area contributed by atoms with E-state index in [0.717, 1.165) is 16.1 Å². The topological polar surface area (TPSA) is 125 Å². The SMILES string of the molecule is COc1cc(C2C3=CCC4C(=O)N(c5ccc(Cl)cc5)C(=O)C4C3CC3C(=O)N(Nc4ccc(C)cc4)C(=O)C32c2ccccc2)cc(OC)c1O. The number of hydrogen-bond acceptors (Lipinski definition) is 8. The Bertz CT molecular complexity index is 2130. The van der Waals surface area contributed by atoms with E-state index in [4.69, 9.17) is 21.1 Å². The van der Waals surface area contributed by atoms with E-state index in [0.29, 0.717) is 27.5 Å². The molecule has 2 N–H and O–H groups in total. The average molecular weight is 718 g/mol. The number of hydrazine groups is 1. The van der Waals surface area contributed by atoms with Gasteiger partial charge in [-0.1, -0.05) is 71.3 Å². The lowest BCUT2D eigenvalue weighted by Gasteiger charge is -2.50. The number of carbonyl (C=O) groups is 4. The highest BCUT2D eigenvalue weighted by Gasteiger charge is 2.70. The summed E-state index contributed by atoms with van der Waals surface area (Å²) in [7, 11) is 2.85. The fourth-order valence-corrected chi connectivity index (χ4v) is 9.17. The predicted octanol–water partition coefficient (Wildman–Crippen LogP) is 6.56. The highest BCUT2D eigenvalue weighted by atomic mass is 35.5. The smallest absolute Gasteiger partial charge is 0.260 e. The molecule has 52 heavy (non-hydrogen) atoms. The second-order valence-electron chi connectivity index (χ2n) is 13.9. The Morgan fingerprint density at radius 2 is 1.48 bits per heavy atom. The summed E-state index contributed by atoms with van der Waals surface area (Å²) in [5, 5.41) is 12.6. The van der Waals surface area contributed by atoms with Gasteiger partial charge in [-0.3, -0.25) is 29.5 Å². The van der Waals surface area contributed by atoms with Crippen LogP contribution in [0.25, 0.3) is 0 Å². The number of nitrogens with zero attached hydrogens (tertiary/aromatic N) is 2. The predicted molar refractivity (Wildman–Crippen MR) is 194 cm³/mol. The molecule has 6 atom stereocenters. The number of carbonyl (C=O) groups excluding carboxylic acids is 4. The van der Waals surface area contributed by atoms with Crippen LogP contribution in [0.3, 0.4) is 0 Å². The molecule has 0 aromatic heterocycles. The summed E-state index contributed by atoms with van der Waals surface area (Å²) in [5.74, 6) is -5.29. The van der Waals surface area contributed by atoms with Gasteiger partial charge in [0.05, 0.1) is 48.8 Å². The van der Waals surface area contributed by atoms with Crippen LogP contribution in [0.1, 0.15) is 35.4 Å². The molecule has 2 aliphatic heterocycles. The standard InChI is InChI=1S/C41H36ClN3O7/c1-22-9-13-26(14-10-22)43-45-38(48)31-21-30-28(17-18-29-34(30)39(49)44(37(29)47)27-15-11-25(42)12-16-27)35(23-19-32(51-2)36(46)33(20-23)52-3)41(31,40(45)50)24-7-5-4-6-8-24/h4-17,19-20,29-31,34-35,43,46H,18,21H2,1-3H3. The molecule has 0 spiro atoms. The van der Waals surface area contributed by atoms with Crippen molar-refractivity contribution < 1.29 is 33.8 Å². The molecule has 8 rings (SSSR count). The Balaban J connectivity index is 1.35. The molecule has 4 aromatic carbocycles. The third-order valence-corrected chi connectivity index (χ3v) is 11.6. The van der Waals surface area contributed by atoms with Gasteiger partial charge in [0.25, 0.3) is 11.8 Å². The number of imide groups is 2. The number of allylic oxidation sites excluding steroid dienone is 2. The number of halogens is 1. The number of ether oxygens (including phenoxy) is 2. The van der Waals surface area contributed by atoms with Crippen molar-refractivity contribution in [2.75, 3.05) is 24.5 Å². The summed E-state index contributed by atoms with van der Waals surface area (Å²) < 4.78 is 11.2. The van der Waals surface area contributed by atoms with Crippen LogP contribution in [0, 0.1) is 30.6 Å². The monoisotopic (exact) mass is 717 g/mol. The van der Waals surface area contributed by atoms with Crippen molar-refractivity contribution in [2.45, 2.75) is 31.1 Å². The van der Waals surface area contributed by atoms with Crippen molar-refractivity contribution in [3.05, 3.63) is 124 Å². The van der Waals surface area contributed by atoms with Crippen LogP contribution in [0.15, 0.2) is 103 Å². The molecule has 4 aromatic rings. The highest BCUT2D eigenvalue weighted by molar-refractivity contribution is 6.31. The van der Waals surface area contributed by atoms with Gasteiger partial charge in [-0.05, 0) is 85.3 Å². The fourth-order valence-electron chi connectivity index (χ4n) is 9.05. The number of nitrogens with one attached hydrogen (secondary N) is 1. The number of amides is 4. The summed E-state index contributed by atoms with van der Waals surface area (Å²) in [6, 6.07) is 26.5. The van der Waals surface area contributed by atoms with Crippen molar-refractivity contribution in [3.8, 4) is 17.2 Å². The average Bonchev–Trinajstić information content (AvgIpc) is 3.54. The van der Waals surface area contributed by atoms with Crippen molar-refractivity contribution in [1.82, 2.24) is 5.01 Å². The summed E-state index contributed by atoms with van der Waals surface area (Å²) in [5.41, 5.74) is 5.58. The quantitative estimate of drug-likeness (QED) is 0.163. The van der Waals surface area contributed by atoms with Crippen LogP contribution in [0.2, 0.25) is 5.02 Å². The number of fused-ring (bicyclic) bond motifs is 4. The van der Waals surface area contributed by atoms with Crippen molar-refractivity contribution >= 4 is 46.6 Å². The fraction of sp³-hybridized carbons (Fsp3) is 0.268. The Morgan fingerprint density at radius 3 is 2.12 bits per heavy atom. The molecular formula is C41H36ClN3O7. The van der Waals surface area contributed by atoms with Gasteiger partial charge in [0, 0.05) is 10.9 Å². The Labute approximate surface area is 305 Å². The summed E-state index contributed by atoms with van der Waals surface area (Å²) in [4.78, 5) is 60.0. The molecule has 4 aliphatic rings. The van der Waals surface area contributed by atoms with Gasteiger partial charge in [0.2, 0.25) is 17.6 Å². The van der Waals surface area contributed by atoms with Gasteiger partial charge in [0.15, 0.2) is 11.5 Å². The van der Waals surface area contributed by atoms with Gasteiger partial charge in [0.1, 0.15) is 0 Å². The second-order valence-corrected chi connectivity index (χ2v) is 14.3. The van der Waals surface area contributed by atoms with Crippen LogP contribution >= 0.6 is 11.6 Å². The third-order valence-electron chi connectivity index (χ3n) is 11.3. The molecule has 4 amide bonds. The summed E-state index contributed by atoms with van der Waals surface area (Å²) in [6.07, 6.45) is 2.39. The van der Waals surface area contributed by atoms with E-state index in [9.17, 15) is 19.5 Å². The van der Waals surface area contributed by atoms with Crippen LogP contribution in [-0.4, -0.2) is 48.0 Å². The molecule has 10 nitrogen and oxygen atoms in total. The molecule has 0 radical (unpaired) electrons. The van der Waals surface area contributed by atoms with E-state index >= 15 is 4.79 Å². The van der Waals surface area contributed by atoms with Crippen molar-refractivity contribution in [1.29, 1.82) is 0 Å². The Kier molecular flexibility index (Phi) is 8.10. The van der Waals surface area contributed by atoms with E-state index in [1.165, 1.54) is 19.1 Å². The molecule has 264 valence electrons. The van der Waals surface area contributed by atoms with Gasteiger partial charge in [-0.15, -0.1) is 0 Å². The minimum Gasteiger partial charge on any atom is -0.502 e. The zero-order chi connectivity index (χ0) is 36.5. The number of hydrogen-bond donors (Lipinski definition) is 2. The molecule has 2 heterocycles. The van der Waals surface area contributed by atoms with E-state index in [1.54, 1.807) is 48.5 Å². The maximum absolute atomic E-state index is 15.4. The minimum absolute atomic E-state index is 0.123. The molecule has 0 bridgehead atoms. The van der Waals surface area contributed by atoms with E-state index < -0.39 is 46.8 Å². The molecule has 2 aliphatic carbocycles. The van der Waals surface area contributed by atoms with Gasteiger partial charge in [-0.25, -0.2) is 0 Å². The number of phenolic OH excluding ortho intramolecular Hbond substituents is 1. The molecular weight excluding hydrogens is 682 g/mol. The lowest BCUT2D eigenvalue weighted by atomic mass is 9.49. The first kappa shape index (κ1) is 33.5. The first-order chi connectivity index (χ1) is 25.1. The first-order valence-corrected chi connectivity index (χ1v) is 17.5. The van der Waals surface area contributed by atoms with Crippen molar-refractivity contribution in [2.24, 2.45) is 23.7 Å². The third kappa shape index (κ3) is 4.84. The van der Waals surface area contributed by atoms with E-state index in [1.807, 2.05) is 55.5 Å². The number of aryl methyl sites for hydroxylation is 1. The number of phenols is 1. The number of methoxy groups -OCH3 is 2. The number of rotatable bonds is 7. The van der Waals surface area contributed by atoms with Crippen LogP contribution in [0.5, 0.6) is 17.2 Å². The minimum atomic E-state index is -1.49. The van der Waals surface area contributed by atoms with Crippen LogP contribution in [-0.2, 0) is 24.6 Å². The highest BCUT2D eigenvalue weighted by Crippen LogP contribution is 2.65. The lowest BCUT2D eigenvalue weighted by molar-refractivity contribution is -0.138. The van der Waals surface area contributed by atoms with Gasteiger partial charge in [-0.2, -0.15) is 5.01 Å². The maximum Gasteiger partial charge on any atom is 0.260 e. The molecule has 1 saturated carbocycles. The van der Waals surface area contributed by atoms with E-state index in [-0.39, 0.29) is 41.9 Å². The zero-order valence-corrected chi connectivity index (χ0v) is 29.5. The largest absolute Gasteiger partial charge is 0.502 e. The van der Waals surface area contributed by atoms with Gasteiger partial charge < -0.3 is 14.6 Å². The number of aromatic hydroxyl groups is 1. The zero-order valence-electron chi connectivity index (χ0n) is 28.7. The number of benzene rings is 4. The second kappa shape index (κ2) is 12.6. The summed E-state index contributed by atoms with van der Waals surface area (Å²) in [6.45, 7) is 1.95. The van der Waals surface area contributed by atoms with Crippen molar-refractivity contribution in [3.63, 3.8) is 0 Å². The Hall–Kier alpha value is -5.61. The molecule has 11 heteroatoms. The normalized spacial score (nSPS) is 26.5. The Morgan fingerprint density at radius 1 is 0.827 bits per heavy atom. The van der Waals surface area contributed by atoms with Crippen LogP contribution < -0.4 is 19.8 Å². The number of anilines is 2. The lowest BCUT2D eigenvalue weighted by Crippen LogP contribution is -2.53. The van der Waals surface area contributed by atoms with E-state index in [2.05, 4.69) is 5.43 Å². The van der Waals surface area contributed by atoms with Crippen LogP contribution in [0.4, 0.5) is 11.4 Å². The molecule has 3 fully saturated rings.